The summed E-state index contributed by atoms with van der Waals surface area (Å²) in [7, 11) is 0. The first-order valence-electron chi connectivity index (χ1n) is 5.31. The summed E-state index contributed by atoms with van der Waals surface area (Å²) in [4.78, 5) is 0. The summed E-state index contributed by atoms with van der Waals surface area (Å²) in [6.07, 6.45) is -1.12. The molecular formula is C12H12F3N3. The van der Waals surface area contributed by atoms with Gasteiger partial charge in [-0.25, -0.2) is 0 Å². The maximum absolute atomic E-state index is 12.9. The number of aryl methyl sites for hydroxylation is 1. The van der Waals surface area contributed by atoms with E-state index in [2.05, 4.69) is 5.10 Å². The number of aromatic nitrogens is 2. The summed E-state index contributed by atoms with van der Waals surface area (Å²) < 4.78 is 40.0. The standard InChI is InChI=1S/C12H12F3N3/c1-8-5-17-18(6-8)7-9-2-3-10(16)4-11(9)12(13,14)15/h2-6H,7,16H2,1H3. The van der Waals surface area contributed by atoms with Crippen LogP contribution < -0.4 is 5.73 Å². The Morgan fingerprint density at radius 2 is 2.06 bits per heavy atom. The predicted molar refractivity (Wildman–Crippen MR) is 61.9 cm³/mol. The molecule has 1 aromatic carbocycles. The third-order valence-corrected chi connectivity index (χ3v) is 2.53. The van der Waals surface area contributed by atoms with Crippen molar-refractivity contribution in [2.24, 2.45) is 0 Å². The maximum Gasteiger partial charge on any atom is 0.416 e. The average molecular weight is 255 g/mol. The van der Waals surface area contributed by atoms with Gasteiger partial charge in [0.15, 0.2) is 0 Å². The predicted octanol–water partition coefficient (Wildman–Crippen LogP) is 2.84. The van der Waals surface area contributed by atoms with Crippen LogP contribution in [-0.2, 0) is 12.7 Å². The van der Waals surface area contributed by atoms with Crippen molar-refractivity contribution in [3.63, 3.8) is 0 Å². The van der Waals surface area contributed by atoms with Gasteiger partial charge >= 0.3 is 6.18 Å². The SMILES string of the molecule is Cc1cnn(Cc2ccc(N)cc2C(F)(F)F)c1. The molecule has 96 valence electrons. The molecule has 0 aliphatic rings. The van der Waals surface area contributed by atoms with E-state index in [4.69, 9.17) is 5.73 Å². The molecule has 2 N–H and O–H groups in total. The lowest BCUT2D eigenvalue weighted by Crippen LogP contribution is -2.12. The molecule has 3 nitrogen and oxygen atoms in total. The van der Waals surface area contributed by atoms with Crippen LogP contribution in [-0.4, -0.2) is 9.78 Å². The number of hydrogen-bond donors (Lipinski definition) is 1. The van der Waals surface area contributed by atoms with E-state index in [1.807, 2.05) is 6.92 Å². The highest BCUT2D eigenvalue weighted by molar-refractivity contribution is 5.46. The van der Waals surface area contributed by atoms with E-state index in [1.54, 1.807) is 12.4 Å². The van der Waals surface area contributed by atoms with Crippen LogP contribution >= 0.6 is 0 Å². The average Bonchev–Trinajstić information content (AvgIpc) is 2.65. The Morgan fingerprint density at radius 1 is 1.33 bits per heavy atom. The van der Waals surface area contributed by atoms with E-state index in [0.717, 1.165) is 11.6 Å². The normalized spacial score (nSPS) is 11.8. The van der Waals surface area contributed by atoms with Crippen molar-refractivity contribution < 1.29 is 13.2 Å². The summed E-state index contributed by atoms with van der Waals surface area (Å²) in [6.45, 7) is 1.90. The number of alkyl halides is 3. The minimum absolute atomic E-state index is 0.0724. The zero-order valence-electron chi connectivity index (χ0n) is 9.70. The van der Waals surface area contributed by atoms with Crippen LogP contribution in [0.3, 0.4) is 0 Å². The molecule has 0 radical (unpaired) electrons. The molecule has 18 heavy (non-hydrogen) atoms. The Labute approximate surface area is 102 Å². The number of hydrogen-bond acceptors (Lipinski definition) is 2. The van der Waals surface area contributed by atoms with E-state index < -0.39 is 11.7 Å². The second-order valence-corrected chi connectivity index (χ2v) is 4.13. The third-order valence-electron chi connectivity index (χ3n) is 2.53. The number of nitrogens with zero attached hydrogens (tertiary/aromatic N) is 2. The molecular weight excluding hydrogens is 243 g/mol. The number of benzene rings is 1. The van der Waals surface area contributed by atoms with Gasteiger partial charge < -0.3 is 5.73 Å². The van der Waals surface area contributed by atoms with Gasteiger partial charge in [-0.15, -0.1) is 0 Å². The van der Waals surface area contributed by atoms with Gasteiger partial charge in [-0.1, -0.05) is 6.07 Å². The lowest BCUT2D eigenvalue weighted by atomic mass is 10.1. The molecule has 6 heteroatoms. The van der Waals surface area contributed by atoms with E-state index in [1.165, 1.54) is 16.8 Å². The lowest BCUT2D eigenvalue weighted by molar-refractivity contribution is -0.138. The molecule has 0 aliphatic carbocycles. The van der Waals surface area contributed by atoms with Crippen molar-refractivity contribution in [1.29, 1.82) is 0 Å². The Kier molecular flexibility index (Phi) is 3.02. The number of rotatable bonds is 2. The van der Waals surface area contributed by atoms with Gasteiger partial charge in [0.25, 0.3) is 0 Å². The fourth-order valence-electron chi connectivity index (χ4n) is 1.72. The first-order valence-corrected chi connectivity index (χ1v) is 5.31. The second-order valence-electron chi connectivity index (χ2n) is 4.13. The van der Waals surface area contributed by atoms with Crippen LogP contribution in [0.5, 0.6) is 0 Å². The van der Waals surface area contributed by atoms with Gasteiger partial charge in [-0.3, -0.25) is 4.68 Å². The van der Waals surface area contributed by atoms with E-state index in [0.29, 0.717) is 0 Å². The van der Waals surface area contributed by atoms with Crippen LogP contribution in [0.4, 0.5) is 18.9 Å². The van der Waals surface area contributed by atoms with Gasteiger partial charge in [0.05, 0.1) is 18.3 Å². The molecule has 0 amide bonds. The van der Waals surface area contributed by atoms with Crippen molar-refractivity contribution in [3.8, 4) is 0 Å². The highest BCUT2D eigenvalue weighted by Gasteiger charge is 2.33. The molecule has 0 saturated heterocycles. The minimum Gasteiger partial charge on any atom is -0.399 e. The lowest BCUT2D eigenvalue weighted by Gasteiger charge is -2.13. The zero-order valence-corrected chi connectivity index (χ0v) is 9.70. The van der Waals surface area contributed by atoms with Crippen molar-refractivity contribution in [2.75, 3.05) is 5.73 Å². The van der Waals surface area contributed by atoms with Crippen LogP contribution in [0.1, 0.15) is 16.7 Å². The Morgan fingerprint density at radius 3 is 2.61 bits per heavy atom. The number of anilines is 1. The fraction of sp³-hybridized carbons (Fsp3) is 0.250. The summed E-state index contributed by atoms with van der Waals surface area (Å²) in [5, 5.41) is 3.97. The van der Waals surface area contributed by atoms with Crippen molar-refractivity contribution >= 4 is 5.69 Å². The summed E-state index contributed by atoms with van der Waals surface area (Å²) in [5.41, 5.74) is 5.84. The molecule has 2 rings (SSSR count). The molecule has 0 unspecified atom stereocenters. The summed E-state index contributed by atoms with van der Waals surface area (Å²) in [6, 6.07) is 3.79. The van der Waals surface area contributed by atoms with Gasteiger partial charge in [0.2, 0.25) is 0 Å². The first-order chi connectivity index (χ1) is 8.36. The van der Waals surface area contributed by atoms with Crippen LogP contribution in [0.25, 0.3) is 0 Å². The van der Waals surface area contributed by atoms with Crippen molar-refractivity contribution in [2.45, 2.75) is 19.6 Å². The van der Waals surface area contributed by atoms with E-state index in [9.17, 15) is 13.2 Å². The number of nitrogen functional groups attached to an aromatic ring is 1. The zero-order chi connectivity index (χ0) is 13.3. The van der Waals surface area contributed by atoms with Gasteiger partial charge in [0.1, 0.15) is 0 Å². The molecule has 0 atom stereocenters. The molecule has 0 aliphatic heterocycles. The van der Waals surface area contributed by atoms with Crippen LogP contribution in [0, 0.1) is 6.92 Å². The maximum atomic E-state index is 12.9. The largest absolute Gasteiger partial charge is 0.416 e. The van der Waals surface area contributed by atoms with E-state index >= 15 is 0 Å². The molecule has 2 aromatic rings. The first kappa shape index (κ1) is 12.5. The van der Waals surface area contributed by atoms with Gasteiger partial charge in [-0.2, -0.15) is 18.3 Å². The van der Waals surface area contributed by atoms with Gasteiger partial charge in [-0.05, 0) is 30.2 Å². The van der Waals surface area contributed by atoms with Crippen molar-refractivity contribution in [3.05, 3.63) is 47.3 Å². The molecule has 0 spiro atoms. The number of halogens is 3. The van der Waals surface area contributed by atoms with Crippen LogP contribution in [0.2, 0.25) is 0 Å². The highest BCUT2D eigenvalue weighted by atomic mass is 19.4. The van der Waals surface area contributed by atoms with Gasteiger partial charge in [0, 0.05) is 11.9 Å². The molecule has 0 bridgehead atoms. The Hall–Kier alpha value is -1.98. The van der Waals surface area contributed by atoms with E-state index in [-0.39, 0.29) is 17.8 Å². The van der Waals surface area contributed by atoms with Crippen molar-refractivity contribution in [1.82, 2.24) is 9.78 Å². The third kappa shape index (κ3) is 2.64. The monoisotopic (exact) mass is 255 g/mol. The second kappa shape index (κ2) is 4.36. The Bertz CT molecular complexity index is 558. The molecule has 1 heterocycles. The highest BCUT2D eigenvalue weighted by Crippen LogP contribution is 2.33. The summed E-state index contributed by atoms with van der Waals surface area (Å²) in [5.74, 6) is 0. The molecule has 0 saturated carbocycles. The number of nitrogens with two attached hydrogens (primary N) is 1. The molecule has 1 aromatic heterocycles. The Balaban J connectivity index is 2.38. The topological polar surface area (TPSA) is 43.8 Å². The van der Waals surface area contributed by atoms with Crippen LogP contribution in [0.15, 0.2) is 30.6 Å². The minimum atomic E-state index is -4.41. The summed E-state index contributed by atoms with van der Waals surface area (Å²) >= 11 is 0. The smallest absolute Gasteiger partial charge is 0.399 e. The fourth-order valence-corrected chi connectivity index (χ4v) is 1.72. The quantitative estimate of drug-likeness (QED) is 0.838. The molecule has 0 fully saturated rings.